The van der Waals surface area contributed by atoms with Gasteiger partial charge < -0.3 is 9.31 Å². The van der Waals surface area contributed by atoms with Crippen molar-refractivity contribution in [2.75, 3.05) is 0 Å². The third-order valence-electron chi connectivity index (χ3n) is 6.07. The van der Waals surface area contributed by atoms with Crippen LogP contribution in [0, 0.1) is 64.0 Å². The molecule has 16 heteroatoms. The van der Waals surface area contributed by atoms with Gasteiger partial charge in [-0.2, -0.15) is 0 Å². The highest BCUT2D eigenvalue weighted by molar-refractivity contribution is 6.65. The predicted octanol–water partition coefficient (Wildman–Crippen LogP) is 7.52. The molecule has 0 saturated carbocycles. The Morgan fingerprint density at radius 3 is 1.76 bits per heavy atom. The van der Waals surface area contributed by atoms with E-state index < -0.39 is 122 Å². The third kappa shape index (κ3) is 4.27. The first-order valence-electron chi connectivity index (χ1n) is 10.9. The number of hydrogen-bond donors (Lipinski definition) is 0. The maximum absolute atomic E-state index is 15.2. The Morgan fingerprint density at radius 1 is 0.561 bits per heavy atom. The van der Waals surface area contributed by atoms with Crippen LogP contribution in [0.4, 0.5) is 57.1 Å². The first-order chi connectivity index (χ1) is 19.3. The van der Waals surface area contributed by atoms with Gasteiger partial charge >= 0.3 is 7.12 Å². The van der Waals surface area contributed by atoms with Gasteiger partial charge in [0.15, 0.2) is 69.8 Å². The summed E-state index contributed by atoms with van der Waals surface area (Å²) in [6, 6.07) is 2.08. The Kier molecular flexibility index (Phi) is 6.92. The summed E-state index contributed by atoms with van der Waals surface area (Å²) in [6.45, 7) is 0. The van der Waals surface area contributed by atoms with Crippen molar-refractivity contribution >= 4 is 29.2 Å². The SMILES string of the molecule is FC1=C(F)C(OB(Oc2cc(F)ccc2F)c2c(F)c(F)c(F)c3c(F)c(F)c(F)c(F)c23)c2ccc(F)c(F)c21. The second kappa shape index (κ2) is 10.0. The lowest BCUT2D eigenvalue weighted by atomic mass is 9.74. The normalized spacial score (nSPS) is 14.7. The molecule has 41 heavy (non-hydrogen) atoms. The van der Waals surface area contributed by atoms with E-state index in [4.69, 9.17) is 9.31 Å². The van der Waals surface area contributed by atoms with E-state index in [1.165, 1.54) is 0 Å². The van der Waals surface area contributed by atoms with Crippen LogP contribution in [-0.4, -0.2) is 7.12 Å². The van der Waals surface area contributed by atoms with Crippen LogP contribution in [0.3, 0.4) is 0 Å². The molecule has 0 saturated heterocycles. The second-order valence-electron chi connectivity index (χ2n) is 8.39. The lowest BCUT2D eigenvalue weighted by molar-refractivity contribution is 0.187. The zero-order valence-corrected chi connectivity index (χ0v) is 19.3. The Balaban J connectivity index is 1.81. The first kappa shape index (κ1) is 28.3. The van der Waals surface area contributed by atoms with Gasteiger partial charge in [0.2, 0.25) is 0 Å². The minimum absolute atomic E-state index is 0.229. The van der Waals surface area contributed by atoms with Crippen LogP contribution in [-0.2, 0) is 4.65 Å². The number of rotatable bonds is 5. The minimum atomic E-state index is -3.09. The average Bonchev–Trinajstić information content (AvgIpc) is 3.17. The molecule has 0 heterocycles. The molecule has 212 valence electrons. The molecule has 0 aromatic heterocycles. The van der Waals surface area contributed by atoms with Gasteiger partial charge in [0.05, 0.1) is 10.9 Å². The monoisotopic (exact) mass is 596 g/mol. The van der Waals surface area contributed by atoms with Crippen molar-refractivity contribution in [3.63, 3.8) is 0 Å². The van der Waals surface area contributed by atoms with Crippen LogP contribution in [0.5, 0.6) is 5.75 Å². The molecule has 0 fully saturated rings. The molecule has 4 aromatic carbocycles. The third-order valence-corrected chi connectivity index (χ3v) is 6.07. The summed E-state index contributed by atoms with van der Waals surface area (Å²) in [6.07, 6.45) is -2.61. The Labute approximate surface area is 219 Å². The summed E-state index contributed by atoms with van der Waals surface area (Å²) in [4.78, 5) is 0. The van der Waals surface area contributed by atoms with Crippen LogP contribution in [0.15, 0.2) is 36.2 Å². The summed E-state index contributed by atoms with van der Waals surface area (Å²) >= 11 is 0. The van der Waals surface area contributed by atoms with Crippen LogP contribution in [0.1, 0.15) is 17.2 Å². The molecule has 0 spiro atoms. The number of fused-ring (bicyclic) bond motifs is 2. The smallest absolute Gasteiger partial charge is 0.530 e. The summed E-state index contributed by atoms with van der Waals surface area (Å²) in [5.41, 5.74) is -4.14. The van der Waals surface area contributed by atoms with Gasteiger partial charge in [0, 0.05) is 16.9 Å². The van der Waals surface area contributed by atoms with Crippen molar-refractivity contribution < 1.29 is 66.4 Å². The zero-order chi connectivity index (χ0) is 30.1. The lowest BCUT2D eigenvalue weighted by Gasteiger charge is -2.23. The van der Waals surface area contributed by atoms with Crippen molar-refractivity contribution in [1.29, 1.82) is 0 Å². The summed E-state index contributed by atoms with van der Waals surface area (Å²) < 4.78 is 197. The number of halogens is 13. The van der Waals surface area contributed by atoms with Gasteiger partial charge in [-0.15, -0.1) is 0 Å². The molecular weight excluding hydrogens is 590 g/mol. The summed E-state index contributed by atoms with van der Waals surface area (Å²) in [5, 5.41) is -3.98. The second-order valence-corrected chi connectivity index (χ2v) is 8.39. The Hall–Kier alpha value is -4.21. The maximum atomic E-state index is 15.2. The standard InChI is InChI=1S/C25H6BF13O2/c27-6-1-3-8(28)10(5-6)40-26(41-25-7-2-4-9(29)15(30)11(7)16(31)24(25)39)14-12-13(18(33)21(36)20(14)35)19(34)23(38)22(37)17(12)32/h1-5,25H. The van der Waals surface area contributed by atoms with E-state index >= 15 is 4.39 Å². The fourth-order valence-electron chi connectivity index (χ4n) is 4.22. The molecule has 0 radical (unpaired) electrons. The highest BCUT2D eigenvalue weighted by Crippen LogP contribution is 2.46. The summed E-state index contributed by atoms with van der Waals surface area (Å²) in [7, 11) is -3.09. The Morgan fingerprint density at radius 2 is 1.12 bits per heavy atom. The van der Waals surface area contributed by atoms with E-state index in [-0.39, 0.29) is 6.07 Å². The van der Waals surface area contributed by atoms with Gasteiger partial charge in [-0.05, 0) is 23.8 Å². The fourth-order valence-corrected chi connectivity index (χ4v) is 4.22. The maximum Gasteiger partial charge on any atom is 0.567 e. The zero-order valence-electron chi connectivity index (χ0n) is 19.3. The molecule has 1 aliphatic carbocycles. The molecule has 0 amide bonds. The van der Waals surface area contributed by atoms with Crippen LogP contribution in [0.2, 0.25) is 0 Å². The van der Waals surface area contributed by atoms with E-state index in [1.54, 1.807) is 0 Å². The van der Waals surface area contributed by atoms with Crippen molar-refractivity contribution in [1.82, 2.24) is 0 Å². The molecule has 5 rings (SSSR count). The van der Waals surface area contributed by atoms with Crippen molar-refractivity contribution in [3.8, 4) is 5.75 Å². The van der Waals surface area contributed by atoms with E-state index in [9.17, 15) is 52.7 Å². The minimum Gasteiger partial charge on any atom is -0.530 e. The molecule has 4 aromatic rings. The van der Waals surface area contributed by atoms with E-state index in [0.717, 1.165) is 0 Å². The summed E-state index contributed by atoms with van der Waals surface area (Å²) in [5.74, 6) is -30.1. The molecule has 2 nitrogen and oxygen atoms in total. The fraction of sp³-hybridized carbons (Fsp3) is 0.0400. The molecule has 0 aliphatic heterocycles. The largest absolute Gasteiger partial charge is 0.567 e. The van der Waals surface area contributed by atoms with Gasteiger partial charge in [0.1, 0.15) is 17.7 Å². The van der Waals surface area contributed by atoms with Gasteiger partial charge in [0.25, 0.3) is 0 Å². The topological polar surface area (TPSA) is 18.5 Å². The van der Waals surface area contributed by atoms with E-state index in [1.807, 2.05) is 0 Å². The predicted molar refractivity (Wildman–Crippen MR) is 115 cm³/mol. The van der Waals surface area contributed by atoms with Gasteiger partial charge in [-0.25, -0.2) is 57.1 Å². The van der Waals surface area contributed by atoms with Gasteiger partial charge in [-0.3, -0.25) is 0 Å². The van der Waals surface area contributed by atoms with Crippen LogP contribution < -0.4 is 10.1 Å². The lowest BCUT2D eigenvalue weighted by Crippen LogP contribution is -2.44. The Bertz CT molecular complexity index is 1800. The average molecular weight is 596 g/mol. The molecule has 1 unspecified atom stereocenters. The van der Waals surface area contributed by atoms with Crippen molar-refractivity contribution in [2.45, 2.75) is 6.10 Å². The molecule has 0 bridgehead atoms. The van der Waals surface area contributed by atoms with Crippen molar-refractivity contribution in [2.24, 2.45) is 0 Å². The van der Waals surface area contributed by atoms with Crippen LogP contribution >= 0.6 is 0 Å². The van der Waals surface area contributed by atoms with Crippen LogP contribution in [0.25, 0.3) is 16.6 Å². The molecule has 1 atom stereocenters. The molecular formula is C25H6BF13O2. The molecule has 1 aliphatic rings. The highest BCUT2D eigenvalue weighted by Gasteiger charge is 2.44. The van der Waals surface area contributed by atoms with Gasteiger partial charge in [-0.1, -0.05) is 6.07 Å². The number of hydrogen-bond acceptors (Lipinski definition) is 2. The first-order valence-corrected chi connectivity index (χ1v) is 10.9. The van der Waals surface area contributed by atoms with Crippen molar-refractivity contribution in [3.05, 3.63) is 111 Å². The molecule has 0 N–H and O–H groups in total. The van der Waals surface area contributed by atoms with E-state index in [0.29, 0.717) is 24.3 Å². The quantitative estimate of drug-likeness (QED) is 0.103. The number of benzene rings is 4. The highest BCUT2D eigenvalue weighted by atomic mass is 19.2. The van der Waals surface area contributed by atoms with E-state index in [2.05, 4.69) is 0 Å².